The minimum atomic E-state index is -3.59. The number of aromatic hydroxyl groups is 1. The first-order valence-electron chi connectivity index (χ1n) is 10.3. The fourth-order valence-corrected chi connectivity index (χ4v) is 5.08. The molecule has 3 aromatic rings. The van der Waals surface area contributed by atoms with Gasteiger partial charge >= 0.3 is 0 Å². The van der Waals surface area contributed by atoms with E-state index in [9.17, 15) is 13.5 Å². The Bertz CT molecular complexity index is 1150. The van der Waals surface area contributed by atoms with Crippen molar-refractivity contribution in [2.75, 3.05) is 31.1 Å². The maximum Gasteiger partial charge on any atom is 0.243 e. The number of benzene rings is 2. The van der Waals surface area contributed by atoms with Gasteiger partial charge in [-0.2, -0.15) is 4.31 Å². The number of piperazine rings is 1. The van der Waals surface area contributed by atoms with E-state index in [0.29, 0.717) is 32.1 Å². The molecule has 31 heavy (non-hydrogen) atoms. The second kappa shape index (κ2) is 8.64. The molecule has 8 heteroatoms. The molecular weight excluding hydrogens is 412 g/mol. The van der Waals surface area contributed by atoms with E-state index in [1.807, 2.05) is 17.9 Å². The summed E-state index contributed by atoms with van der Waals surface area (Å²) in [6.07, 6.45) is 0.728. The van der Waals surface area contributed by atoms with Gasteiger partial charge in [0.1, 0.15) is 5.75 Å². The van der Waals surface area contributed by atoms with Crippen LogP contribution in [0.1, 0.15) is 22.5 Å². The molecule has 0 atom stereocenters. The minimum Gasteiger partial charge on any atom is -0.508 e. The average Bonchev–Trinajstić information content (AvgIpc) is 2.75. The van der Waals surface area contributed by atoms with Gasteiger partial charge in [0.05, 0.1) is 10.6 Å². The van der Waals surface area contributed by atoms with Crippen LogP contribution in [0.5, 0.6) is 5.75 Å². The maximum absolute atomic E-state index is 12.9. The van der Waals surface area contributed by atoms with E-state index in [-0.39, 0.29) is 10.6 Å². The molecule has 0 spiro atoms. The Kier molecular flexibility index (Phi) is 5.93. The van der Waals surface area contributed by atoms with Crippen molar-refractivity contribution in [1.29, 1.82) is 0 Å². The molecule has 2 heterocycles. The lowest BCUT2D eigenvalue weighted by Gasteiger charge is -2.34. The van der Waals surface area contributed by atoms with Gasteiger partial charge in [-0.15, -0.1) is 0 Å². The number of aromatic nitrogens is 2. The molecule has 1 N–H and O–H groups in total. The summed E-state index contributed by atoms with van der Waals surface area (Å²) in [6, 6.07) is 16.0. The fourth-order valence-electron chi connectivity index (χ4n) is 3.66. The Morgan fingerprint density at radius 3 is 2.19 bits per heavy atom. The second-order valence-corrected chi connectivity index (χ2v) is 9.79. The van der Waals surface area contributed by atoms with Crippen molar-refractivity contribution in [3.05, 3.63) is 77.1 Å². The van der Waals surface area contributed by atoms with Gasteiger partial charge in [0.2, 0.25) is 16.0 Å². The van der Waals surface area contributed by atoms with Crippen LogP contribution >= 0.6 is 0 Å². The highest BCUT2D eigenvalue weighted by Gasteiger charge is 2.29. The quantitative estimate of drug-likeness (QED) is 0.659. The largest absolute Gasteiger partial charge is 0.508 e. The third-order valence-electron chi connectivity index (χ3n) is 5.40. The summed E-state index contributed by atoms with van der Waals surface area (Å²) in [5, 5.41) is 9.41. The Morgan fingerprint density at radius 1 is 0.903 bits per heavy atom. The van der Waals surface area contributed by atoms with Gasteiger partial charge in [-0.25, -0.2) is 18.4 Å². The Balaban J connectivity index is 1.46. The summed E-state index contributed by atoms with van der Waals surface area (Å²) in [6.45, 7) is 5.77. The molecule has 0 bridgehead atoms. The third-order valence-corrected chi connectivity index (χ3v) is 7.31. The van der Waals surface area contributed by atoms with Crippen molar-refractivity contribution >= 4 is 16.0 Å². The summed E-state index contributed by atoms with van der Waals surface area (Å²) in [4.78, 5) is 11.6. The zero-order valence-corrected chi connectivity index (χ0v) is 18.5. The van der Waals surface area contributed by atoms with Gasteiger partial charge < -0.3 is 10.0 Å². The van der Waals surface area contributed by atoms with Crippen molar-refractivity contribution in [3.8, 4) is 5.75 Å². The molecule has 1 saturated heterocycles. The number of rotatable bonds is 5. The summed E-state index contributed by atoms with van der Waals surface area (Å²) < 4.78 is 27.2. The first-order chi connectivity index (χ1) is 14.8. The van der Waals surface area contributed by atoms with E-state index in [4.69, 9.17) is 4.98 Å². The fraction of sp³-hybridized carbons (Fsp3) is 0.304. The number of hydrogen-bond donors (Lipinski definition) is 1. The summed E-state index contributed by atoms with van der Waals surface area (Å²) in [5.41, 5.74) is 4.26. The van der Waals surface area contributed by atoms with Gasteiger partial charge in [0, 0.05) is 38.3 Å². The number of anilines is 1. The van der Waals surface area contributed by atoms with Crippen molar-refractivity contribution < 1.29 is 13.5 Å². The lowest BCUT2D eigenvalue weighted by molar-refractivity contribution is 0.382. The normalized spacial score (nSPS) is 15.2. The highest BCUT2D eigenvalue weighted by atomic mass is 32.2. The highest BCUT2D eigenvalue weighted by molar-refractivity contribution is 7.89. The number of hydrogen-bond acceptors (Lipinski definition) is 6. The van der Waals surface area contributed by atoms with Crippen LogP contribution in [0.4, 0.5) is 5.95 Å². The topological polar surface area (TPSA) is 86.6 Å². The molecule has 2 aromatic carbocycles. The summed E-state index contributed by atoms with van der Waals surface area (Å²) >= 11 is 0. The van der Waals surface area contributed by atoms with Crippen LogP contribution in [0.25, 0.3) is 0 Å². The lowest BCUT2D eigenvalue weighted by atomic mass is 10.1. The van der Waals surface area contributed by atoms with Crippen LogP contribution in [-0.4, -0.2) is 54.0 Å². The van der Waals surface area contributed by atoms with E-state index in [0.717, 1.165) is 17.8 Å². The second-order valence-electron chi connectivity index (χ2n) is 7.85. The molecule has 1 aromatic heterocycles. The van der Waals surface area contributed by atoms with Crippen molar-refractivity contribution in [2.24, 2.45) is 0 Å². The van der Waals surface area contributed by atoms with E-state index in [1.165, 1.54) is 39.7 Å². The Labute approximate surface area is 183 Å². The molecule has 0 radical (unpaired) electrons. The smallest absolute Gasteiger partial charge is 0.243 e. The van der Waals surface area contributed by atoms with Crippen LogP contribution in [-0.2, 0) is 16.4 Å². The van der Waals surface area contributed by atoms with E-state index >= 15 is 0 Å². The maximum atomic E-state index is 12.9. The van der Waals surface area contributed by atoms with Crippen molar-refractivity contribution in [2.45, 2.75) is 25.2 Å². The van der Waals surface area contributed by atoms with Crippen LogP contribution in [0.3, 0.4) is 0 Å². The molecule has 7 nitrogen and oxygen atoms in total. The Morgan fingerprint density at radius 2 is 1.55 bits per heavy atom. The number of phenolic OH excluding ortho intramolecular Hbond substituents is 1. The van der Waals surface area contributed by atoms with E-state index in [1.54, 1.807) is 0 Å². The SMILES string of the molecule is Cc1ccc(Cc2cc(C)nc(N3CCN(S(=O)(=O)c4ccc(O)cc4)CC3)n2)cc1. The van der Waals surface area contributed by atoms with Crippen LogP contribution < -0.4 is 4.90 Å². The van der Waals surface area contributed by atoms with E-state index < -0.39 is 10.0 Å². The zero-order valence-electron chi connectivity index (χ0n) is 17.7. The predicted molar refractivity (Wildman–Crippen MR) is 120 cm³/mol. The summed E-state index contributed by atoms with van der Waals surface area (Å²) in [5.74, 6) is 0.686. The highest BCUT2D eigenvalue weighted by Crippen LogP contribution is 2.22. The molecule has 1 aliphatic heterocycles. The van der Waals surface area contributed by atoms with Gasteiger partial charge in [0.25, 0.3) is 0 Å². The van der Waals surface area contributed by atoms with Crippen molar-refractivity contribution in [1.82, 2.24) is 14.3 Å². The monoisotopic (exact) mass is 438 g/mol. The minimum absolute atomic E-state index is 0.0433. The van der Waals surface area contributed by atoms with Gasteiger partial charge in [-0.05, 0) is 49.7 Å². The molecule has 1 aliphatic rings. The first kappa shape index (κ1) is 21.3. The molecule has 0 unspecified atom stereocenters. The van der Waals surface area contributed by atoms with Gasteiger partial charge in [-0.3, -0.25) is 0 Å². The van der Waals surface area contributed by atoms with Crippen molar-refractivity contribution in [3.63, 3.8) is 0 Å². The number of aryl methyl sites for hydroxylation is 2. The molecular formula is C23H26N4O3S. The lowest BCUT2D eigenvalue weighted by Crippen LogP contribution is -2.49. The first-order valence-corrected chi connectivity index (χ1v) is 11.7. The van der Waals surface area contributed by atoms with Crippen LogP contribution in [0.15, 0.2) is 59.5 Å². The molecule has 0 aliphatic carbocycles. The number of sulfonamides is 1. The molecule has 162 valence electrons. The molecule has 0 saturated carbocycles. The van der Waals surface area contributed by atoms with Crippen LogP contribution in [0.2, 0.25) is 0 Å². The molecule has 1 fully saturated rings. The number of phenols is 1. The standard InChI is InChI=1S/C23H26N4O3S/c1-17-3-5-19(6-4-17)16-20-15-18(2)24-23(25-20)26-11-13-27(14-12-26)31(29,30)22-9-7-21(28)8-10-22/h3-10,15,28H,11-14,16H2,1-2H3. The molecule has 4 rings (SSSR count). The summed E-state index contributed by atoms with van der Waals surface area (Å²) in [7, 11) is -3.59. The third kappa shape index (κ3) is 4.86. The van der Waals surface area contributed by atoms with Gasteiger partial charge in [-0.1, -0.05) is 29.8 Å². The predicted octanol–water partition coefficient (Wildman–Crippen LogP) is 2.90. The number of nitrogens with zero attached hydrogens (tertiary/aromatic N) is 4. The molecule has 0 amide bonds. The van der Waals surface area contributed by atoms with E-state index in [2.05, 4.69) is 36.2 Å². The Hall–Kier alpha value is -2.97. The van der Waals surface area contributed by atoms with Gasteiger partial charge in [0.15, 0.2) is 0 Å². The van der Waals surface area contributed by atoms with Crippen LogP contribution in [0, 0.1) is 13.8 Å². The average molecular weight is 439 g/mol. The zero-order chi connectivity index (χ0) is 22.0.